The topological polar surface area (TPSA) is 92.3 Å². The van der Waals surface area contributed by atoms with Crippen LogP contribution in [0.4, 0.5) is 4.79 Å². The maximum Gasteiger partial charge on any atom is 0.321 e. The van der Waals surface area contributed by atoms with Gasteiger partial charge < -0.3 is 5.32 Å². The lowest BCUT2D eigenvalue weighted by Gasteiger charge is -2.07. The number of halogens is 1. The second-order valence-electron chi connectivity index (χ2n) is 3.10. The minimum atomic E-state index is -3.11. The second-order valence-corrected chi connectivity index (χ2v) is 6.22. The van der Waals surface area contributed by atoms with Crippen molar-refractivity contribution in [3.63, 3.8) is 0 Å². The van der Waals surface area contributed by atoms with E-state index in [1.807, 2.05) is 5.32 Å². The SMILES string of the molecule is CCS(=O)(=O)CCNC(=O)NC(=O)C(C)Cl. The summed E-state index contributed by atoms with van der Waals surface area (Å²) in [5.41, 5.74) is 0. The average molecular weight is 271 g/mol. The lowest BCUT2D eigenvalue weighted by Crippen LogP contribution is -2.43. The normalized spacial score (nSPS) is 12.9. The standard InChI is InChI=1S/C8H15ClN2O4S/c1-3-16(14,15)5-4-10-8(13)11-7(12)6(2)9/h6H,3-5H2,1-2H3,(H2,10,11,12,13). The van der Waals surface area contributed by atoms with Gasteiger partial charge in [0.05, 0.1) is 5.75 Å². The number of imide groups is 1. The van der Waals surface area contributed by atoms with Crippen molar-refractivity contribution in [1.82, 2.24) is 10.6 Å². The van der Waals surface area contributed by atoms with Crippen molar-refractivity contribution < 1.29 is 18.0 Å². The van der Waals surface area contributed by atoms with Gasteiger partial charge in [0.25, 0.3) is 0 Å². The van der Waals surface area contributed by atoms with Gasteiger partial charge in [0.1, 0.15) is 5.38 Å². The Bertz CT molecular complexity index is 353. The first-order valence-electron chi connectivity index (χ1n) is 4.71. The van der Waals surface area contributed by atoms with E-state index in [4.69, 9.17) is 11.6 Å². The van der Waals surface area contributed by atoms with Crippen LogP contribution in [0.1, 0.15) is 13.8 Å². The van der Waals surface area contributed by atoms with Crippen LogP contribution < -0.4 is 10.6 Å². The molecule has 0 aliphatic rings. The largest absolute Gasteiger partial charge is 0.337 e. The molecule has 0 aromatic heterocycles. The molecule has 0 aliphatic carbocycles. The van der Waals surface area contributed by atoms with E-state index in [0.717, 1.165) is 0 Å². The first-order valence-corrected chi connectivity index (χ1v) is 6.97. The van der Waals surface area contributed by atoms with Gasteiger partial charge in [0.15, 0.2) is 9.84 Å². The molecule has 16 heavy (non-hydrogen) atoms. The molecule has 8 heteroatoms. The molecule has 6 nitrogen and oxygen atoms in total. The van der Waals surface area contributed by atoms with Crippen molar-refractivity contribution in [2.75, 3.05) is 18.1 Å². The Morgan fingerprint density at radius 2 is 1.94 bits per heavy atom. The Morgan fingerprint density at radius 1 is 1.38 bits per heavy atom. The van der Waals surface area contributed by atoms with E-state index in [-0.39, 0.29) is 18.1 Å². The molecule has 0 saturated heterocycles. The summed E-state index contributed by atoms with van der Waals surface area (Å²) in [5.74, 6) is -0.757. The molecule has 1 atom stereocenters. The molecule has 0 aliphatic heterocycles. The minimum absolute atomic E-state index is 0.0218. The van der Waals surface area contributed by atoms with Crippen LogP contribution in [-0.4, -0.2) is 43.8 Å². The van der Waals surface area contributed by atoms with E-state index >= 15 is 0 Å². The third-order valence-electron chi connectivity index (χ3n) is 1.74. The predicted molar refractivity (Wildman–Crippen MR) is 61.2 cm³/mol. The summed E-state index contributed by atoms with van der Waals surface area (Å²) in [7, 11) is -3.11. The number of sulfone groups is 1. The summed E-state index contributed by atoms with van der Waals surface area (Å²) in [6.45, 7) is 2.91. The fraction of sp³-hybridized carbons (Fsp3) is 0.750. The van der Waals surface area contributed by atoms with Crippen molar-refractivity contribution in [3.05, 3.63) is 0 Å². The number of carbonyl (C=O) groups excluding carboxylic acids is 2. The molecule has 3 amide bonds. The zero-order valence-electron chi connectivity index (χ0n) is 9.12. The van der Waals surface area contributed by atoms with E-state index in [1.54, 1.807) is 0 Å². The van der Waals surface area contributed by atoms with Crippen molar-refractivity contribution >= 4 is 33.4 Å². The van der Waals surface area contributed by atoms with Crippen LogP contribution >= 0.6 is 11.6 Å². The summed E-state index contributed by atoms with van der Waals surface area (Å²) in [6.07, 6.45) is 0. The van der Waals surface area contributed by atoms with Gasteiger partial charge in [0.2, 0.25) is 5.91 Å². The molecule has 1 unspecified atom stereocenters. The third-order valence-corrected chi connectivity index (χ3v) is 3.64. The number of nitrogens with one attached hydrogen (secondary N) is 2. The highest BCUT2D eigenvalue weighted by Crippen LogP contribution is 1.91. The van der Waals surface area contributed by atoms with E-state index in [1.165, 1.54) is 13.8 Å². The number of hydrogen-bond acceptors (Lipinski definition) is 4. The molecule has 0 spiro atoms. The third kappa shape index (κ3) is 6.62. The molecule has 0 aromatic rings. The van der Waals surface area contributed by atoms with Crippen molar-refractivity contribution in [3.8, 4) is 0 Å². The van der Waals surface area contributed by atoms with Crippen LogP contribution in [0.15, 0.2) is 0 Å². The number of urea groups is 1. The summed E-state index contributed by atoms with van der Waals surface area (Å²) in [6, 6.07) is -0.746. The zero-order chi connectivity index (χ0) is 12.8. The van der Waals surface area contributed by atoms with Gasteiger partial charge in [-0.3, -0.25) is 10.1 Å². The molecule has 2 N–H and O–H groups in total. The number of carbonyl (C=O) groups is 2. The molecular weight excluding hydrogens is 256 g/mol. The maximum absolute atomic E-state index is 11.1. The lowest BCUT2D eigenvalue weighted by molar-refractivity contribution is -0.119. The highest BCUT2D eigenvalue weighted by molar-refractivity contribution is 7.91. The van der Waals surface area contributed by atoms with Crippen molar-refractivity contribution in [2.24, 2.45) is 0 Å². The molecule has 94 valence electrons. The summed E-state index contributed by atoms with van der Waals surface area (Å²) >= 11 is 5.41. The van der Waals surface area contributed by atoms with Crippen LogP contribution in [0.25, 0.3) is 0 Å². The molecular formula is C8H15ClN2O4S. The first-order chi connectivity index (χ1) is 7.28. The number of alkyl halides is 1. The van der Waals surface area contributed by atoms with E-state index < -0.39 is 27.2 Å². The first kappa shape index (κ1) is 15.2. The van der Waals surface area contributed by atoms with Crippen LogP contribution in [-0.2, 0) is 14.6 Å². The highest BCUT2D eigenvalue weighted by atomic mass is 35.5. The van der Waals surface area contributed by atoms with Crippen molar-refractivity contribution in [1.29, 1.82) is 0 Å². The Balaban J connectivity index is 3.88. The number of hydrogen-bond donors (Lipinski definition) is 2. The monoisotopic (exact) mass is 270 g/mol. The molecule has 0 heterocycles. The van der Waals surface area contributed by atoms with Gasteiger partial charge in [-0.05, 0) is 6.92 Å². The number of amides is 3. The number of rotatable bonds is 5. The highest BCUT2D eigenvalue weighted by Gasteiger charge is 2.13. The van der Waals surface area contributed by atoms with Crippen LogP contribution in [0.2, 0.25) is 0 Å². The zero-order valence-corrected chi connectivity index (χ0v) is 10.7. The quantitative estimate of drug-likeness (QED) is 0.681. The second kappa shape index (κ2) is 6.70. The van der Waals surface area contributed by atoms with E-state index in [2.05, 4.69) is 5.32 Å². The summed E-state index contributed by atoms with van der Waals surface area (Å²) in [4.78, 5) is 22.0. The average Bonchev–Trinajstić information content (AvgIpc) is 2.17. The molecule has 0 rings (SSSR count). The molecule has 0 bridgehead atoms. The maximum atomic E-state index is 11.1. The van der Waals surface area contributed by atoms with Gasteiger partial charge in [-0.15, -0.1) is 11.6 Å². The summed E-state index contributed by atoms with van der Waals surface area (Å²) < 4.78 is 22.1. The van der Waals surface area contributed by atoms with Gasteiger partial charge in [0, 0.05) is 12.3 Å². The fourth-order valence-electron chi connectivity index (χ4n) is 0.720. The Kier molecular flexibility index (Phi) is 6.35. The fourth-order valence-corrected chi connectivity index (χ4v) is 1.48. The van der Waals surface area contributed by atoms with E-state index in [0.29, 0.717) is 0 Å². The molecule has 0 radical (unpaired) electrons. The van der Waals surface area contributed by atoms with Crippen LogP contribution in [0.3, 0.4) is 0 Å². The van der Waals surface area contributed by atoms with Crippen LogP contribution in [0.5, 0.6) is 0 Å². The molecule has 0 saturated carbocycles. The van der Waals surface area contributed by atoms with Gasteiger partial charge in [-0.2, -0.15) is 0 Å². The predicted octanol–water partition coefficient (Wildman–Crippen LogP) is -0.126. The van der Waals surface area contributed by atoms with Crippen molar-refractivity contribution in [2.45, 2.75) is 19.2 Å². The summed E-state index contributed by atoms with van der Waals surface area (Å²) in [5, 5.41) is 3.40. The van der Waals surface area contributed by atoms with Crippen LogP contribution in [0, 0.1) is 0 Å². The Morgan fingerprint density at radius 3 is 2.38 bits per heavy atom. The smallest absolute Gasteiger partial charge is 0.321 e. The van der Waals surface area contributed by atoms with Gasteiger partial charge >= 0.3 is 6.03 Å². The minimum Gasteiger partial charge on any atom is -0.337 e. The molecule has 0 fully saturated rings. The molecule has 0 aromatic carbocycles. The van der Waals surface area contributed by atoms with Gasteiger partial charge in [-0.25, -0.2) is 13.2 Å². The Labute approximate surface area is 99.6 Å². The Hall–Kier alpha value is -0.820. The lowest BCUT2D eigenvalue weighted by atomic mass is 10.4. The van der Waals surface area contributed by atoms with E-state index in [9.17, 15) is 18.0 Å². The van der Waals surface area contributed by atoms with Gasteiger partial charge in [-0.1, -0.05) is 6.92 Å².